The van der Waals surface area contributed by atoms with Gasteiger partial charge >= 0.3 is 11.9 Å². The topological polar surface area (TPSA) is 75.6 Å². The first-order valence-corrected chi connectivity index (χ1v) is 8.39. The van der Waals surface area contributed by atoms with Gasteiger partial charge in [-0.1, -0.05) is 19.3 Å². The van der Waals surface area contributed by atoms with Gasteiger partial charge in [0.15, 0.2) is 0 Å². The molecule has 2 aliphatic rings. The minimum absolute atomic E-state index is 0.173. The molecule has 2 rings (SSSR count). The molecule has 0 amide bonds. The summed E-state index contributed by atoms with van der Waals surface area (Å²) in [6.07, 6.45) is 5.97. The molecule has 0 aromatic heterocycles. The van der Waals surface area contributed by atoms with E-state index in [0.717, 1.165) is 25.7 Å². The average Bonchev–Trinajstić information content (AvgIpc) is 2.82. The molecular weight excluding hydrogens is 278 g/mol. The monoisotopic (exact) mass is 301 g/mol. The van der Waals surface area contributed by atoms with E-state index in [1.807, 2.05) is 0 Å². The van der Waals surface area contributed by atoms with Crippen LogP contribution in [-0.4, -0.2) is 40.3 Å². The molecule has 20 heavy (non-hydrogen) atoms. The van der Waals surface area contributed by atoms with E-state index in [2.05, 4.69) is 10.1 Å². The van der Waals surface area contributed by atoms with E-state index in [9.17, 15) is 14.7 Å². The maximum Gasteiger partial charge on any atom is 0.331 e. The third kappa shape index (κ3) is 4.46. The van der Waals surface area contributed by atoms with Crippen LogP contribution in [0.25, 0.3) is 0 Å². The molecule has 0 spiro atoms. The van der Waals surface area contributed by atoms with Crippen molar-refractivity contribution in [3.05, 3.63) is 0 Å². The van der Waals surface area contributed by atoms with Crippen LogP contribution in [0.15, 0.2) is 0 Å². The molecule has 0 aromatic carbocycles. The molecule has 2 fully saturated rings. The third-order valence-corrected chi connectivity index (χ3v) is 5.36. The van der Waals surface area contributed by atoms with Gasteiger partial charge in [0, 0.05) is 12.7 Å². The maximum atomic E-state index is 11.7. The van der Waals surface area contributed by atoms with Gasteiger partial charge in [-0.15, -0.1) is 11.8 Å². The quantitative estimate of drug-likeness (QED) is 0.594. The Morgan fingerprint density at radius 2 is 2.00 bits per heavy atom. The molecule has 114 valence electrons. The van der Waals surface area contributed by atoms with Crippen LogP contribution in [-0.2, 0) is 14.3 Å². The van der Waals surface area contributed by atoms with E-state index in [1.54, 1.807) is 11.8 Å². The number of aliphatic hydroxyl groups is 1. The first kappa shape index (κ1) is 15.8. The summed E-state index contributed by atoms with van der Waals surface area (Å²) in [5, 5.41) is 13.4. The van der Waals surface area contributed by atoms with Crippen LogP contribution in [0.3, 0.4) is 0 Å². The Kier molecular flexibility index (Phi) is 5.86. The van der Waals surface area contributed by atoms with Crippen LogP contribution < -0.4 is 5.32 Å². The minimum Gasteiger partial charge on any atom is -0.393 e. The predicted molar refractivity (Wildman–Crippen MR) is 77.1 cm³/mol. The number of aliphatic hydroxyl groups excluding tert-OH is 1. The molecule has 3 unspecified atom stereocenters. The summed E-state index contributed by atoms with van der Waals surface area (Å²) in [6.45, 7) is 1.24. The first-order chi connectivity index (χ1) is 9.56. The van der Waals surface area contributed by atoms with Crippen molar-refractivity contribution >= 4 is 23.7 Å². The Morgan fingerprint density at radius 1 is 1.25 bits per heavy atom. The summed E-state index contributed by atoms with van der Waals surface area (Å²) in [5.41, 5.74) is 0. The Hall–Kier alpha value is -0.590. The first-order valence-electron chi connectivity index (χ1n) is 7.34. The van der Waals surface area contributed by atoms with Crippen molar-refractivity contribution in [3.8, 4) is 0 Å². The van der Waals surface area contributed by atoms with Crippen molar-refractivity contribution in [1.82, 2.24) is 5.32 Å². The summed E-state index contributed by atoms with van der Waals surface area (Å²) in [6, 6.07) is -0.406. The van der Waals surface area contributed by atoms with Crippen LogP contribution in [0.5, 0.6) is 0 Å². The van der Waals surface area contributed by atoms with Gasteiger partial charge in [0.1, 0.15) is 6.04 Å². The summed E-state index contributed by atoms with van der Waals surface area (Å²) in [5.74, 6) is -0.0421. The summed E-state index contributed by atoms with van der Waals surface area (Å²) in [7, 11) is 0. The molecular formula is C14H23NO4S. The van der Waals surface area contributed by atoms with E-state index < -0.39 is 18.0 Å². The lowest BCUT2D eigenvalue weighted by Gasteiger charge is -2.28. The number of rotatable bonds is 2. The minimum atomic E-state index is -0.563. The van der Waals surface area contributed by atoms with Crippen molar-refractivity contribution in [2.24, 2.45) is 5.92 Å². The molecule has 0 bridgehead atoms. The number of carbonyl (C=O) groups excluding carboxylic acids is 2. The Morgan fingerprint density at radius 3 is 2.75 bits per heavy atom. The molecule has 1 heterocycles. The highest BCUT2D eigenvalue weighted by molar-refractivity contribution is 8.00. The van der Waals surface area contributed by atoms with E-state index >= 15 is 0 Å². The standard InChI is InChI=1S/C14H23NO4S/c1-9(16)19-14(18)12-8-20-13(15-12)10-5-3-2-4-6-11(17)7-10/h10-13,15,17H,2-8H2,1H3/t10-,11?,12?,13?/m0/s1. The lowest BCUT2D eigenvalue weighted by Crippen LogP contribution is -2.41. The van der Waals surface area contributed by atoms with Crippen LogP contribution in [0.1, 0.15) is 45.4 Å². The van der Waals surface area contributed by atoms with Gasteiger partial charge < -0.3 is 9.84 Å². The second kappa shape index (κ2) is 7.43. The maximum absolute atomic E-state index is 11.7. The van der Waals surface area contributed by atoms with Crippen molar-refractivity contribution in [1.29, 1.82) is 0 Å². The molecule has 5 nitrogen and oxygen atoms in total. The molecule has 1 saturated carbocycles. The van der Waals surface area contributed by atoms with Crippen molar-refractivity contribution in [3.63, 3.8) is 0 Å². The van der Waals surface area contributed by atoms with E-state index in [-0.39, 0.29) is 11.5 Å². The lowest BCUT2D eigenvalue weighted by molar-refractivity contribution is -0.159. The van der Waals surface area contributed by atoms with Gasteiger partial charge in [-0.3, -0.25) is 10.1 Å². The summed E-state index contributed by atoms with van der Waals surface area (Å²) < 4.78 is 4.63. The number of hydrogen-bond donors (Lipinski definition) is 2. The zero-order valence-electron chi connectivity index (χ0n) is 11.8. The third-order valence-electron chi connectivity index (χ3n) is 3.95. The highest BCUT2D eigenvalue weighted by Gasteiger charge is 2.36. The smallest absolute Gasteiger partial charge is 0.331 e. The Bertz CT molecular complexity index is 363. The Balaban J connectivity index is 1.87. The second-order valence-electron chi connectivity index (χ2n) is 5.67. The van der Waals surface area contributed by atoms with Gasteiger partial charge in [-0.2, -0.15) is 0 Å². The van der Waals surface area contributed by atoms with Gasteiger partial charge in [0.25, 0.3) is 0 Å². The molecule has 2 N–H and O–H groups in total. The Labute approximate surface area is 123 Å². The highest BCUT2D eigenvalue weighted by Crippen LogP contribution is 2.33. The van der Waals surface area contributed by atoms with Crippen LogP contribution in [0.4, 0.5) is 0 Å². The SMILES string of the molecule is CC(=O)OC(=O)C1CSC([C@H]2CCCCCC(O)C2)N1. The van der Waals surface area contributed by atoms with E-state index in [0.29, 0.717) is 11.7 Å². The van der Waals surface area contributed by atoms with E-state index in [1.165, 1.54) is 19.8 Å². The zero-order chi connectivity index (χ0) is 14.5. The average molecular weight is 301 g/mol. The molecule has 1 saturated heterocycles. The number of ether oxygens (including phenoxy) is 1. The lowest BCUT2D eigenvalue weighted by atomic mass is 9.89. The van der Waals surface area contributed by atoms with Gasteiger partial charge in [-0.05, 0) is 25.2 Å². The molecule has 0 radical (unpaired) electrons. The van der Waals surface area contributed by atoms with Crippen LogP contribution in [0.2, 0.25) is 0 Å². The van der Waals surface area contributed by atoms with Gasteiger partial charge in [0.2, 0.25) is 0 Å². The van der Waals surface area contributed by atoms with Crippen molar-refractivity contribution in [2.75, 3.05) is 5.75 Å². The largest absolute Gasteiger partial charge is 0.393 e. The number of nitrogens with one attached hydrogen (secondary N) is 1. The molecule has 0 aromatic rings. The number of thioether (sulfide) groups is 1. The normalized spacial score (nSPS) is 35.1. The summed E-state index contributed by atoms with van der Waals surface area (Å²) >= 11 is 1.70. The van der Waals surface area contributed by atoms with Gasteiger partial charge in [-0.25, -0.2) is 4.79 Å². The zero-order valence-corrected chi connectivity index (χ0v) is 12.7. The number of hydrogen-bond acceptors (Lipinski definition) is 6. The van der Waals surface area contributed by atoms with E-state index in [4.69, 9.17) is 0 Å². The van der Waals surface area contributed by atoms with Crippen molar-refractivity contribution < 1.29 is 19.4 Å². The van der Waals surface area contributed by atoms with Crippen LogP contribution >= 0.6 is 11.8 Å². The molecule has 1 aliphatic carbocycles. The highest BCUT2D eigenvalue weighted by atomic mass is 32.2. The van der Waals surface area contributed by atoms with Crippen LogP contribution in [0, 0.1) is 5.92 Å². The fourth-order valence-corrected chi connectivity index (χ4v) is 4.35. The fraction of sp³-hybridized carbons (Fsp3) is 0.857. The summed E-state index contributed by atoms with van der Waals surface area (Å²) in [4.78, 5) is 22.5. The predicted octanol–water partition coefficient (Wildman–Crippen LogP) is 1.44. The van der Waals surface area contributed by atoms with Gasteiger partial charge in [0.05, 0.1) is 11.5 Å². The van der Waals surface area contributed by atoms with Crippen molar-refractivity contribution in [2.45, 2.75) is 63.0 Å². The number of carbonyl (C=O) groups is 2. The number of esters is 2. The second-order valence-corrected chi connectivity index (χ2v) is 6.85. The fourth-order valence-electron chi connectivity index (χ4n) is 2.94. The molecule has 1 aliphatic heterocycles. The molecule has 6 heteroatoms. The molecule has 4 atom stereocenters.